The van der Waals surface area contributed by atoms with E-state index < -0.39 is 24.0 Å². The number of nitrogens with zero attached hydrogens (tertiary/aromatic N) is 2. The number of nitrogens with one attached hydrogen (secondary N) is 3. The molecule has 3 rings (SSSR count). The van der Waals surface area contributed by atoms with Crippen molar-refractivity contribution in [3.8, 4) is 5.75 Å². The van der Waals surface area contributed by atoms with Crippen molar-refractivity contribution >= 4 is 23.6 Å². The molecule has 10 nitrogen and oxygen atoms in total. The minimum Gasteiger partial charge on any atom is -0.497 e. The Balaban J connectivity index is 1.83. The molecule has 0 aliphatic carbocycles. The molecule has 0 saturated carbocycles. The van der Waals surface area contributed by atoms with Crippen molar-refractivity contribution in [1.82, 2.24) is 25.8 Å². The van der Waals surface area contributed by atoms with Crippen molar-refractivity contribution in [2.75, 3.05) is 33.8 Å². The summed E-state index contributed by atoms with van der Waals surface area (Å²) in [5, 5.41) is 8.81. The highest BCUT2D eigenvalue weighted by Gasteiger charge is 2.32. The summed E-state index contributed by atoms with van der Waals surface area (Å²) in [6, 6.07) is 14.9. The summed E-state index contributed by atoms with van der Waals surface area (Å²) < 4.78 is 5.25. The minimum absolute atomic E-state index is 0.132. The van der Waals surface area contributed by atoms with Gasteiger partial charge in [0.05, 0.1) is 7.11 Å². The Morgan fingerprint density at radius 3 is 2.20 bits per heavy atom. The predicted octanol–water partition coefficient (Wildman–Crippen LogP) is 2.90. The molecule has 3 N–H and O–H groups in total. The van der Waals surface area contributed by atoms with Crippen LogP contribution in [0.25, 0.3) is 0 Å². The molecule has 0 bridgehead atoms. The Morgan fingerprint density at radius 2 is 1.55 bits per heavy atom. The van der Waals surface area contributed by atoms with Crippen LogP contribution in [0.5, 0.6) is 5.75 Å². The zero-order valence-electron chi connectivity index (χ0n) is 26.8. The number of benzene rings is 2. The number of amides is 4. The van der Waals surface area contributed by atoms with E-state index in [4.69, 9.17) is 4.74 Å². The molecule has 0 spiro atoms. The van der Waals surface area contributed by atoms with Crippen LogP contribution in [0, 0.1) is 5.92 Å². The van der Waals surface area contributed by atoms with Crippen LogP contribution < -0.4 is 20.7 Å². The van der Waals surface area contributed by atoms with Crippen molar-refractivity contribution in [2.45, 2.75) is 77.5 Å². The molecule has 10 heteroatoms. The molecule has 0 aromatic heterocycles. The summed E-state index contributed by atoms with van der Waals surface area (Å²) in [6.45, 7) is 8.29. The number of ether oxygens (including phenoxy) is 1. The summed E-state index contributed by atoms with van der Waals surface area (Å²) in [7, 11) is 3.16. The number of carbonyl (C=O) groups is 4. The number of carbonyl (C=O) groups excluding carboxylic acids is 4. The summed E-state index contributed by atoms with van der Waals surface area (Å²) in [4.78, 5) is 57.2. The maximum absolute atomic E-state index is 13.8. The molecule has 1 aliphatic rings. The largest absolute Gasteiger partial charge is 0.497 e. The second-order valence-electron chi connectivity index (χ2n) is 12.0. The van der Waals surface area contributed by atoms with Crippen LogP contribution in [0.15, 0.2) is 54.6 Å². The standard InChI is InChI=1S/C34H49N5O5/c1-24(2)21-29-33(42)37-30(22-26-14-16-28(44-5)17-15-26)34(43)38(4)25(3)32(41)35-18-10-20-39(19-9-13-31(40)36-29)23-27-11-7-6-8-12-27/h6-8,11-12,14-17,24-25,29-30H,9-10,13,18-23H2,1-5H3,(H,35,41)(H,36,40)(H,37,42)/t25-,29+,30-/m0/s1. The summed E-state index contributed by atoms with van der Waals surface area (Å²) in [5.74, 6) is -0.442. The van der Waals surface area contributed by atoms with E-state index in [0.717, 1.165) is 25.1 Å². The molecule has 2 aromatic carbocycles. The van der Waals surface area contributed by atoms with E-state index in [2.05, 4.69) is 33.0 Å². The lowest BCUT2D eigenvalue weighted by molar-refractivity contribution is -0.141. The van der Waals surface area contributed by atoms with Gasteiger partial charge in [-0.15, -0.1) is 0 Å². The molecule has 44 heavy (non-hydrogen) atoms. The quantitative estimate of drug-likeness (QED) is 0.446. The third-order valence-electron chi connectivity index (χ3n) is 7.96. The van der Waals surface area contributed by atoms with Crippen LogP contribution in [0.4, 0.5) is 0 Å². The van der Waals surface area contributed by atoms with Gasteiger partial charge in [-0.25, -0.2) is 0 Å². The van der Waals surface area contributed by atoms with E-state index in [0.29, 0.717) is 31.7 Å². The fraction of sp³-hybridized carbons (Fsp3) is 0.529. The second kappa shape index (κ2) is 17.4. The van der Waals surface area contributed by atoms with Gasteiger partial charge in [0, 0.05) is 39.5 Å². The van der Waals surface area contributed by atoms with Crippen LogP contribution in [0.1, 0.15) is 57.6 Å². The van der Waals surface area contributed by atoms with Gasteiger partial charge in [-0.3, -0.25) is 24.1 Å². The maximum atomic E-state index is 13.8. The van der Waals surface area contributed by atoms with Gasteiger partial charge in [0.1, 0.15) is 23.9 Å². The van der Waals surface area contributed by atoms with Gasteiger partial charge < -0.3 is 25.6 Å². The molecule has 4 amide bonds. The molecule has 3 atom stereocenters. The molecule has 1 saturated heterocycles. The minimum atomic E-state index is -0.937. The van der Waals surface area contributed by atoms with Crippen LogP contribution >= 0.6 is 0 Å². The smallest absolute Gasteiger partial charge is 0.245 e. The summed E-state index contributed by atoms with van der Waals surface area (Å²) in [5.41, 5.74) is 2.00. The molecule has 1 fully saturated rings. The van der Waals surface area contributed by atoms with E-state index in [-0.39, 0.29) is 36.5 Å². The molecule has 0 radical (unpaired) electrons. The first-order chi connectivity index (χ1) is 21.1. The van der Waals surface area contributed by atoms with Gasteiger partial charge in [-0.05, 0) is 61.9 Å². The third-order valence-corrected chi connectivity index (χ3v) is 7.96. The zero-order chi connectivity index (χ0) is 32.1. The number of methoxy groups -OCH3 is 1. The molecular weight excluding hydrogens is 558 g/mol. The first-order valence-electron chi connectivity index (χ1n) is 15.6. The Morgan fingerprint density at radius 1 is 0.864 bits per heavy atom. The Kier molecular flexibility index (Phi) is 13.7. The molecule has 1 aliphatic heterocycles. The van der Waals surface area contributed by atoms with E-state index in [1.54, 1.807) is 33.2 Å². The topological polar surface area (TPSA) is 120 Å². The van der Waals surface area contributed by atoms with Gasteiger partial charge in [0.15, 0.2) is 0 Å². The second-order valence-corrected chi connectivity index (χ2v) is 12.0. The van der Waals surface area contributed by atoms with Gasteiger partial charge in [0.25, 0.3) is 0 Å². The number of hydrogen-bond acceptors (Lipinski definition) is 6. The molecule has 240 valence electrons. The van der Waals surface area contributed by atoms with Crippen molar-refractivity contribution in [3.05, 3.63) is 65.7 Å². The molecule has 0 unspecified atom stereocenters. The van der Waals surface area contributed by atoms with E-state index in [1.807, 2.05) is 44.2 Å². The van der Waals surface area contributed by atoms with Crippen LogP contribution in [-0.4, -0.2) is 85.3 Å². The van der Waals surface area contributed by atoms with Crippen LogP contribution in [-0.2, 0) is 32.1 Å². The first-order valence-corrected chi connectivity index (χ1v) is 15.6. The SMILES string of the molecule is COc1ccc(C[C@@H]2NC(=O)[C@@H](CC(C)C)NC(=O)CCCN(Cc3ccccc3)CCCNC(=O)[C@H](C)N(C)C2=O)cc1. The molecular formula is C34H49N5O5. The van der Waals surface area contributed by atoms with Crippen molar-refractivity contribution < 1.29 is 23.9 Å². The lowest BCUT2D eigenvalue weighted by Crippen LogP contribution is -2.57. The highest BCUT2D eigenvalue weighted by Crippen LogP contribution is 2.15. The van der Waals surface area contributed by atoms with Crippen molar-refractivity contribution in [2.24, 2.45) is 5.92 Å². The van der Waals surface area contributed by atoms with E-state index in [1.165, 1.54) is 10.5 Å². The van der Waals surface area contributed by atoms with Crippen LogP contribution in [0.2, 0.25) is 0 Å². The summed E-state index contributed by atoms with van der Waals surface area (Å²) in [6.07, 6.45) is 2.27. The molecule has 1 heterocycles. The van der Waals surface area contributed by atoms with Gasteiger partial charge in [-0.2, -0.15) is 0 Å². The van der Waals surface area contributed by atoms with Crippen molar-refractivity contribution in [1.29, 1.82) is 0 Å². The lowest BCUT2D eigenvalue weighted by atomic mass is 10.00. The predicted molar refractivity (Wildman–Crippen MR) is 171 cm³/mol. The van der Waals surface area contributed by atoms with Gasteiger partial charge in [0.2, 0.25) is 23.6 Å². The number of rotatable bonds is 7. The maximum Gasteiger partial charge on any atom is 0.245 e. The monoisotopic (exact) mass is 607 g/mol. The van der Waals surface area contributed by atoms with Gasteiger partial charge in [-0.1, -0.05) is 56.3 Å². The fourth-order valence-electron chi connectivity index (χ4n) is 5.29. The average molecular weight is 608 g/mol. The zero-order valence-corrected chi connectivity index (χ0v) is 26.8. The fourth-order valence-corrected chi connectivity index (χ4v) is 5.29. The highest BCUT2D eigenvalue weighted by molar-refractivity contribution is 5.94. The van der Waals surface area contributed by atoms with Crippen molar-refractivity contribution in [3.63, 3.8) is 0 Å². The van der Waals surface area contributed by atoms with E-state index >= 15 is 0 Å². The Bertz CT molecular complexity index is 1220. The first kappa shape index (κ1) is 34.6. The summed E-state index contributed by atoms with van der Waals surface area (Å²) >= 11 is 0. The molecule has 2 aromatic rings. The number of likely N-dealkylation sites (N-methyl/N-ethyl adjacent to an activating group) is 1. The van der Waals surface area contributed by atoms with Gasteiger partial charge >= 0.3 is 0 Å². The number of hydrogen-bond donors (Lipinski definition) is 3. The third kappa shape index (κ3) is 11.0. The Hall–Kier alpha value is -3.92. The average Bonchev–Trinajstić information content (AvgIpc) is 3.01. The lowest BCUT2D eigenvalue weighted by Gasteiger charge is -2.30. The van der Waals surface area contributed by atoms with E-state index in [9.17, 15) is 19.2 Å². The normalized spacial score (nSPS) is 22.0. The highest BCUT2D eigenvalue weighted by atomic mass is 16.5. The van der Waals surface area contributed by atoms with Crippen LogP contribution in [0.3, 0.4) is 0 Å². The Labute approximate surface area is 261 Å².